The second-order valence-electron chi connectivity index (χ2n) is 6.21. The Morgan fingerprint density at radius 1 is 1.28 bits per heavy atom. The molecule has 0 saturated carbocycles. The number of para-hydroxylation sites is 1. The van der Waals surface area contributed by atoms with Crippen molar-refractivity contribution in [3.05, 3.63) is 46.4 Å². The van der Waals surface area contributed by atoms with E-state index in [1.807, 2.05) is 17.7 Å². The monoisotopic (exact) mass is 344 g/mol. The van der Waals surface area contributed by atoms with Crippen LogP contribution in [0, 0.1) is 15.9 Å². The van der Waals surface area contributed by atoms with Crippen LogP contribution in [0.4, 0.5) is 16.2 Å². The van der Waals surface area contributed by atoms with Gasteiger partial charge in [-0.1, -0.05) is 6.07 Å². The maximum atomic E-state index is 13.9. The normalized spacial score (nSPS) is 15.8. The molecule has 1 aliphatic rings. The van der Waals surface area contributed by atoms with Crippen molar-refractivity contribution >= 4 is 22.8 Å². The lowest BCUT2D eigenvalue weighted by atomic mass is 10.1. The first-order valence-corrected chi connectivity index (χ1v) is 8.10. The number of nitrogens with zero attached hydrogens (tertiary/aromatic N) is 6. The molecule has 8 nitrogen and oxygen atoms in total. The number of piperidine rings is 1. The number of hydrogen-bond donors (Lipinski definition) is 0. The summed E-state index contributed by atoms with van der Waals surface area (Å²) in [5, 5.41) is 14.8. The molecule has 0 spiro atoms. The molecule has 4 rings (SSSR count). The number of imidazole rings is 1. The molecule has 0 atom stereocenters. The maximum Gasteiger partial charge on any atom is 0.389 e. The quantitative estimate of drug-likeness (QED) is 0.539. The number of halogens is 1. The molecule has 130 valence electrons. The van der Waals surface area contributed by atoms with E-state index >= 15 is 0 Å². The van der Waals surface area contributed by atoms with Crippen LogP contribution in [0.5, 0.6) is 0 Å². The summed E-state index contributed by atoms with van der Waals surface area (Å²) >= 11 is 0. The Balaban J connectivity index is 1.53. The van der Waals surface area contributed by atoms with Gasteiger partial charge in [0.25, 0.3) is 0 Å². The summed E-state index contributed by atoms with van der Waals surface area (Å²) in [5.74, 6) is 0.288. The summed E-state index contributed by atoms with van der Waals surface area (Å²) in [5.41, 5.74) is 1.14. The van der Waals surface area contributed by atoms with E-state index in [-0.39, 0.29) is 17.7 Å². The number of rotatable bonds is 3. The zero-order valence-electron chi connectivity index (χ0n) is 13.7. The van der Waals surface area contributed by atoms with Crippen molar-refractivity contribution in [2.24, 2.45) is 7.05 Å². The molecule has 0 bridgehead atoms. The third kappa shape index (κ3) is 2.61. The minimum Gasteiger partial charge on any atom is -0.358 e. The van der Waals surface area contributed by atoms with E-state index in [1.165, 1.54) is 12.1 Å². The van der Waals surface area contributed by atoms with Crippen LogP contribution in [0.25, 0.3) is 11.0 Å². The van der Waals surface area contributed by atoms with Crippen molar-refractivity contribution in [2.75, 3.05) is 18.0 Å². The van der Waals surface area contributed by atoms with Crippen LogP contribution < -0.4 is 4.90 Å². The first-order valence-electron chi connectivity index (χ1n) is 8.10. The fraction of sp³-hybridized carbons (Fsp3) is 0.375. The van der Waals surface area contributed by atoms with Crippen LogP contribution in [-0.4, -0.2) is 37.3 Å². The topological polar surface area (TPSA) is 82.0 Å². The summed E-state index contributed by atoms with van der Waals surface area (Å²) in [6, 6.07) is 6.48. The standard InChI is InChI=1S/C16H17FN6O2/c1-20-13-4-2-3-12(17)15(13)18-16(20)21-8-5-11(6-9-21)22-10-7-14(19-22)23(24)25/h2-4,7,10-11H,5-6,8-9H2,1H3. The molecule has 1 fully saturated rings. The molecule has 25 heavy (non-hydrogen) atoms. The van der Waals surface area contributed by atoms with E-state index in [9.17, 15) is 14.5 Å². The van der Waals surface area contributed by atoms with Gasteiger partial charge in [0.15, 0.2) is 5.82 Å². The molecule has 1 saturated heterocycles. The lowest BCUT2D eigenvalue weighted by Crippen LogP contribution is -2.36. The first-order chi connectivity index (χ1) is 12.0. The van der Waals surface area contributed by atoms with Gasteiger partial charge in [0.1, 0.15) is 5.52 Å². The van der Waals surface area contributed by atoms with Gasteiger partial charge in [-0.3, -0.25) is 0 Å². The summed E-state index contributed by atoms with van der Waals surface area (Å²) in [6.45, 7) is 1.47. The summed E-state index contributed by atoms with van der Waals surface area (Å²) in [4.78, 5) is 16.9. The zero-order valence-corrected chi connectivity index (χ0v) is 13.7. The van der Waals surface area contributed by atoms with Gasteiger partial charge in [0.05, 0.1) is 28.9 Å². The average Bonchev–Trinajstić information content (AvgIpc) is 3.22. The molecule has 0 N–H and O–H groups in total. The van der Waals surface area contributed by atoms with Crippen molar-refractivity contribution in [2.45, 2.75) is 18.9 Å². The van der Waals surface area contributed by atoms with Crippen molar-refractivity contribution in [3.8, 4) is 0 Å². The molecule has 3 aromatic rings. The van der Waals surface area contributed by atoms with Crippen molar-refractivity contribution in [1.82, 2.24) is 19.3 Å². The molecule has 0 unspecified atom stereocenters. The Labute approximate surface area is 142 Å². The van der Waals surface area contributed by atoms with Crippen molar-refractivity contribution in [3.63, 3.8) is 0 Å². The SMILES string of the molecule is Cn1c(N2CCC(n3ccc([N+](=O)[O-])n3)CC2)nc2c(F)cccc21. The number of nitro groups is 1. The molecule has 2 aromatic heterocycles. The van der Waals surface area contributed by atoms with Gasteiger partial charge in [-0.05, 0) is 29.9 Å². The average molecular weight is 344 g/mol. The summed E-state index contributed by atoms with van der Waals surface area (Å²) in [6.07, 6.45) is 3.25. The lowest BCUT2D eigenvalue weighted by molar-refractivity contribution is -0.389. The van der Waals surface area contributed by atoms with E-state index in [4.69, 9.17) is 0 Å². The van der Waals surface area contributed by atoms with Gasteiger partial charge in [-0.25, -0.2) is 9.37 Å². The third-order valence-corrected chi connectivity index (χ3v) is 4.74. The number of anilines is 1. The number of benzene rings is 1. The second kappa shape index (κ2) is 5.83. The van der Waals surface area contributed by atoms with Gasteiger partial charge in [-0.15, -0.1) is 0 Å². The first kappa shape index (κ1) is 15.6. The maximum absolute atomic E-state index is 13.9. The number of aryl methyl sites for hydroxylation is 1. The van der Waals surface area contributed by atoms with E-state index in [0.29, 0.717) is 5.52 Å². The van der Waals surface area contributed by atoms with Crippen LogP contribution in [0.2, 0.25) is 0 Å². The number of fused-ring (bicyclic) bond motifs is 1. The van der Waals surface area contributed by atoms with Crippen LogP contribution in [-0.2, 0) is 7.05 Å². The highest BCUT2D eigenvalue weighted by atomic mass is 19.1. The molecule has 1 aromatic carbocycles. The van der Waals surface area contributed by atoms with Crippen molar-refractivity contribution in [1.29, 1.82) is 0 Å². The summed E-state index contributed by atoms with van der Waals surface area (Å²) < 4.78 is 17.5. The number of hydrogen-bond acceptors (Lipinski definition) is 5. The minimum absolute atomic E-state index is 0.122. The zero-order chi connectivity index (χ0) is 17.6. The van der Waals surface area contributed by atoms with Gasteiger partial charge in [0.2, 0.25) is 5.95 Å². The Bertz CT molecular complexity index is 941. The second-order valence-corrected chi connectivity index (χ2v) is 6.21. The van der Waals surface area contributed by atoms with Gasteiger partial charge < -0.3 is 19.6 Å². The lowest BCUT2D eigenvalue weighted by Gasteiger charge is -2.31. The van der Waals surface area contributed by atoms with E-state index in [2.05, 4.69) is 15.0 Å². The highest BCUT2D eigenvalue weighted by Gasteiger charge is 2.27. The van der Waals surface area contributed by atoms with Crippen molar-refractivity contribution < 1.29 is 9.31 Å². The Hall–Kier alpha value is -2.97. The largest absolute Gasteiger partial charge is 0.389 e. The van der Waals surface area contributed by atoms with Gasteiger partial charge >= 0.3 is 5.82 Å². The Kier molecular flexibility index (Phi) is 3.63. The smallest absolute Gasteiger partial charge is 0.358 e. The van der Waals surface area contributed by atoms with Crippen LogP contribution in [0.3, 0.4) is 0 Å². The van der Waals surface area contributed by atoms with Crippen LogP contribution in [0.1, 0.15) is 18.9 Å². The van der Waals surface area contributed by atoms with Crippen LogP contribution >= 0.6 is 0 Å². The molecule has 3 heterocycles. The fourth-order valence-corrected chi connectivity index (χ4v) is 3.41. The molecular weight excluding hydrogens is 327 g/mol. The fourth-order valence-electron chi connectivity index (χ4n) is 3.41. The predicted octanol–water partition coefficient (Wildman–Crippen LogP) is 2.66. The third-order valence-electron chi connectivity index (χ3n) is 4.74. The Morgan fingerprint density at radius 2 is 2.04 bits per heavy atom. The minimum atomic E-state index is -0.486. The molecular formula is C16H17FN6O2. The summed E-state index contributed by atoms with van der Waals surface area (Å²) in [7, 11) is 1.88. The van der Waals surface area contributed by atoms with Gasteiger partial charge in [-0.2, -0.15) is 4.68 Å². The highest BCUT2D eigenvalue weighted by Crippen LogP contribution is 2.29. The van der Waals surface area contributed by atoms with E-state index in [0.717, 1.165) is 37.4 Å². The van der Waals surface area contributed by atoms with E-state index in [1.54, 1.807) is 16.9 Å². The predicted molar refractivity (Wildman–Crippen MR) is 90.0 cm³/mol. The van der Waals surface area contributed by atoms with Gasteiger partial charge in [0, 0.05) is 20.1 Å². The molecule has 0 amide bonds. The molecule has 9 heteroatoms. The molecule has 0 aliphatic carbocycles. The van der Waals surface area contributed by atoms with E-state index < -0.39 is 4.92 Å². The molecule has 0 radical (unpaired) electrons. The molecule has 1 aliphatic heterocycles. The Morgan fingerprint density at radius 3 is 2.68 bits per heavy atom. The highest BCUT2D eigenvalue weighted by molar-refractivity contribution is 5.79. The van der Waals surface area contributed by atoms with Crippen LogP contribution in [0.15, 0.2) is 30.5 Å². The number of aromatic nitrogens is 4.